The van der Waals surface area contributed by atoms with Gasteiger partial charge in [0.2, 0.25) is 6.79 Å². The van der Waals surface area contributed by atoms with Gasteiger partial charge < -0.3 is 14.6 Å². The molecule has 1 heterocycles. The van der Waals surface area contributed by atoms with Crippen LogP contribution in [0.1, 0.15) is 17.0 Å². The molecule has 4 rings (SSSR count). The molecule has 0 bridgehead atoms. The lowest BCUT2D eigenvalue weighted by Gasteiger charge is -2.05. The molecule has 0 radical (unpaired) electrons. The van der Waals surface area contributed by atoms with Crippen LogP contribution in [0.15, 0.2) is 47.4 Å². The van der Waals surface area contributed by atoms with Gasteiger partial charge in [0, 0.05) is 18.4 Å². The molecule has 3 atom stereocenters. The number of hydrogen-bond acceptors (Lipinski definition) is 5. The lowest BCUT2D eigenvalue weighted by Crippen LogP contribution is -2.11. The second kappa shape index (κ2) is 5.50. The monoisotopic (exact) mass is 346 g/mol. The second-order valence-electron chi connectivity index (χ2n) is 6.31. The Morgan fingerprint density at radius 1 is 1.08 bits per heavy atom. The summed E-state index contributed by atoms with van der Waals surface area (Å²) in [4.78, 5) is 0.305. The van der Waals surface area contributed by atoms with Crippen molar-refractivity contribution in [2.24, 2.45) is 5.92 Å². The molecule has 1 fully saturated rings. The highest BCUT2D eigenvalue weighted by atomic mass is 32.2. The van der Waals surface area contributed by atoms with E-state index in [0.29, 0.717) is 16.4 Å². The smallest absolute Gasteiger partial charge is 0.231 e. The van der Waals surface area contributed by atoms with Crippen molar-refractivity contribution in [1.82, 2.24) is 0 Å². The zero-order chi connectivity index (χ0) is 16.9. The van der Waals surface area contributed by atoms with Crippen LogP contribution < -0.4 is 9.47 Å². The Morgan fingerprint density at radius 3 is 2.50 bits per heavy atom. The van der Waals surface area contributed by atoms with Gasteiger partial charge in [-0.05, 0) is 36.8 Å². The Kier molecular flexibility index (Phi) is 3.54. The fourth-order valence-corrected chi connectivity index (χ4v) is 5.62. The minimum absolute atomic E-state index is 0.158. The molecular weight excluding hydrogens is 328 g/mol. The number of aryl methyl sites for hydroxylation is 1. The molecule has 0 amide bonds. The Morgan fingerprint density at radius 2 is 1.79 bits per heavy atom. The van der Waals surface area contributed by atoms with Gasteiger partial charge in [0.1, 0.15) is 0 Å². The third kappa shape index (κ3) is 2.37. The van der Waals surface area contributed by atoms with Gasteiger partial charge in [-0.3, -0.25) is 0 Å². The fraction of sp³-hybridized carbons (Fsp3) is 0.333. The molecule has 1 aliphatic carbocycles. The molecular formula is C18H18O5S. The van der Waals surface area contributed by atoms with Crippen LogP contribution in [-0.4, -0.2) is 32.2 Å². The topological polar surface area (TPSA) is 72.8 Å². The first-order valence-corrected chi connectivity index (χ1v) is 9.38. The Labute approximate surface area is 140 Å². The van der Waals surface area contributed by atoms with E-state index in [9.17, 15) is 13.5 Å². The van der Waals surface area contributed by atoms with Crippen molar-refractivity contribution < 1.29 is 23.0 Å². The zero-order valence-electron chi connectivity index (χ0n) is 13.2. The summed E-state index contributed by atoms with van der Waals surface area (Å²) in [6, 6.07) is 12.3. The van der Waals surface area contributed by atoms with Gasteiger partial charge in [-0.1, -0.05) is 23.8 Å². The van der Waals surface area contributed by atoms with Crippen molar-refractivity contribution in [3.63, 3.8) is 0 Å². The van der Waals surface area contributed by atoms with Crippen LogP contribution in [0.5, 0.6) is 11.5 Å². The molecule has 126 valence electrons. The Bertz CT molecular complexity index is 873. The Balaban J connectivity index is 1.67. The quantitative estimate of drug-likeness (QED) is 0.919. The standard InChI is InChI=1S/C18H18O5S/c1-11-2-5-13(6-3-11)24(20,21)18-14(9-19)17(18)12-4-7-15-16(8-12)23-10-22-15/h2-8,14,17-19H,9-10H2,1H3/t14-,17-,18-/m0/s1. The summed E-state index contributed by atoms with van der Waals surface area (Å²) in [6.45, 7) is 1.94. The van der Waals surface area contributed by atoms with Gasteiger partial charge in [0.05, 0.1) is 10.1 Å². The van der Waals surface area contributed by atoms with Crippen molar-refractivity contribution >= 4 is 9.84 Å². The molecule has 0 unspecified atom stereocenters. The highest BCUT2D eigenvalue weighted by Gasteiger charge is 2.58. The number of benzene rings is 2. The van der Waals surface area contributed by atoms with Crippen LogP contribution in [0.2, 0.25) is 0 Å². The van der Waals surface area contributed by atoms with E-state index in [-0.39, 0.29) is 25.2 Å². The van der Waals surface area contributed by atoms with Crippen molar-refractivity contribution in [2.75, 3.05) is 13.4 Å². The SMILES string of the molecule is Cc1ccc(S(=O)(=O)[C@H]2[C@@H](CO)[C@@H]2c2ccc3c(c2)OCO3)cc1. The van der Waals surface area contributed by atoms with Crippen molar-refractivity contribution in [1.29, 1.82) is 0 Å². The molecule has 0 spiro atoms. The number of fused-ring (bicyclic) bond motifs is 1. The maximum atomic E-state index is 12.9. The highest BCUT2D eigenvalue weighted by Crippen LogP contribution is 2.54. The van der Waals surface area contributed by atoms with Crippen LogP contribution in [0.4, 0.5) is 0 Å². The molecule has 1 saturated carbocycles. The van der Waals surface area contributed by atoms with Gasteiger partial charge in [-0.2, -0.15) is 0 Å². The zero-order valence-corrected chi connectivity index (χ0v) is 14.0. The summed E-state index contributed by atoms with van der Waals surface area (Å²) in [7, 11) is -3.49. The van der Waals surface area contributed by atoms with E-state index in [0.717, 1.165) is 11.1 Å². The molecule has 24 heavy (non-hydrogen) atoms. The van der Waals surface area contributed by atoms with Crippen molar-refractivity contribution in [3.8, 4) is 11.5 Å². The van der Waals surface area contributed by atoms with E-state index in [1.165, 1.54) is 0 Å². The molecule has 2 aromatic rings. The van der Waals surface area contributed by atoms with Gasteiger partial charge in [0.25, 0.3) is 0 Å². The average Bonchev–Trinajstić information content (AvgIpc) is 3.15. The molecule has 6 heteroatoms. The molecule has 2 aromatic carbocycles. The number of ether oxygens (including phenoxy) is 2. The number of hydrogen-bond donors (Lipinski definition) is 1. The van der Waals surface area contributed by atoms with Gasteiger partial charge in [-0.15, -0.1) is 0 Å². The average molecular weight is 346 g/mol. The summed E-state index contributed by atoms with van der Waals surface area (Å²) < 4.78 is 36.5. The summed E-state index contributed by atoms with van der Waals surface area (Å²) in [5, 5.41) is 9.03. The lowest BCUT2D eigenvalue weighted by atomic mass is 10.1. The maximum Gasteiger partial charge on any atom is 0.231 e. The normalized spacial score (nSPS) is 24.8. The van der Waals surface area contributed by atoms with E-state index >= 15 is 0 Å². The second-order valence-corrected chi connectivity index (χ2v) is 8.41. The van der Waals surface area contributed by atoms with E-state index < -0.39 is 15.1 Å². The van der Waals surface area contributed by atoms with E-state index in [1.807, 2.05) is 19.1 Å². The van der Waals surface area contributed by atoms with E-state index in [2.05, 4.69) is 0 Å². The summed E-state index contributed by atoms with van der Waals surface area (Å²) in [5.74, 6) is 0.771. The minimum atomic E-state index is -3.49. The van der Waals surface area contributed by atoms with Crippen LogP contribution >= 0.6 is 0 Å². The summed E-state index contributed by atoms with van der Waals surface area (Å²) >= 11 is 0. The molecule has 5 nitrogen and oxygen atoms in total. The Hall–Kier alpha value is -2.05. The number of aliphatic hydroxyl groups is 1. The fourth-order valence-electron chi connectivity index (χ4n) is 3.43. The van der Waals surface area contributed by atoms with Gasteiger partial charge in [0.15, 0.2) is 21.3 Å². The van der Waals surface area contributed by atoms with Gasteiger partial charge in [-0.25, -0.2) is 8.42 Å². The number of sulfone groups is 1. The molecule has 0 aromatic heterocycles. The van der Waals surface area contributed by atoms with E-state index in [4.69, 9.17) is 9.47 Å². The van der Waals surface area contributed by atoms with Crippen molar-refractivity contribution in [3.05, 3.63) is 53.6 Å². The molecule has 1 N–H and O–H groups in total. The first kappa shape index (κ1) is 15.5. The maximum absolute atomic E-state index is 12.9. The van der Waals surface area contributed by atoms with Crippen molar-refractivity contribution in [2.45, 2.75) is 23.0 Å². The highest BCUT2D eigenvalue weighted by molar-refractivity contribution is 7.92. The number of aliphatic hydroxyl groups excluding tert-OH is 1. The third-order valence-electron chi connectivity index (χ3n) is 4.80. The lowest BCUT2D eigenvalue weighted by molar-refractivity contribution is 0.174. The predicted octanol–water partition coefficient (Wildman–Crippen LogP) is 2.27. The van der Waals surface area contributed by atoms with E-state index in [1.54, 1.807) is 30.3 Å². The molecule has 2 aliphatic rings. The minimum Gasteiger partial charge on any atom is -0.454 e. The number of rotatable bonds is 4. The predicted molar refractivity (Wildman–Crippen MR) is 88.0 cm³/mol. The summed E-state index contributed by atoms with van der Waals surface area (Å²) in [5.41, 5.74) is 1.87. The van der Waals surface area contributed by atoms with Crippen LogP contribution in [-0.2, 0) is 9.84 Å². The first-order chi connectivity index (χ1) is 11.5. The van der Waals surface area contributed by atoms with Crippen LogP contribution in [0, 0.1) is 12.8 Å². The largest absolute Gasteiger partial charge is 0.454 e. The van der Waals surface area contributed by atoms with Gasteiger partial charge >= 0.3 is 0 Å². The summed E-state index contributed by atoms with van der Waals surface area (Å²) in [6.07, 6.45) is 0. The molecule has 1 aliphatic heterocycles. The van der Waals surface area contributed by atoms with Crippen LogP contribution in [0.25, 0.3) is 0 Å². The molecule has 0 saturated heterocycles. The third-order valence-corrected chi connectivity index (χ3v) is 7.09. The first-order valence-electron chi connectivity index (χ1n) is 7.83. The van der Waals surface area contributed by atoms with Crippen LogP contribution in [0.3, 0.4) is 0 Å².